The van der Waals surface area contributed by atoms with Crippen molar-refractivity contribution in [2.75, 3.05) is 6.54 Å². The Balaban J connectivity index is 1.34. The largest absolute Gasteiger partial charge is 0.308 e. The fourth-order valence-electron chi connectivity index (χ4n) is 4.91. The number of hydrogen-bond acceptors (Lipinski definition) is 3. The molecule has 3 heteroatoms. The van der Waals surface area contributed by atoms with Crippen LogP contribution in [-0.4, -0.2) is 17.7 Å². The Hall–Kier alpha value is -3.30. The maximum Gasteiger partial charge on any atom is 0.0706 e. The topological polar surface area (TPSA) is 37.3 Å². The smallest absolute Gasteiger partial charge is 0.0706 e. The number of benzene rings is 3. The molecule has 1 aromatic heterocycles. The number of nitrogens with one attached hydrogen (secondary N) is 1. The van der Waals surface area contributed by atoms with Crippen LogP contribution < -0.4 is 5.32 Å². The number of nitrogens with zero attached hydrogens (tertiary/aromatic N) is 2. The van der Waals surface area contributed by atoms with E-state index in [9.17, 15) is 0 Å². The van der Waals surface area contributed by atoms with E-state index in [1.165, 1.54) is 38.9 Å². The average molecular weight is 448 g/mol. The van der Waals surface area contributed by atoms with Crippen LogP contribution in [-0.2, 0) is 19.4 Å². The lowest BCUT2D eigenvalue weighted by Crippen LogP contribution is -2.29. The molecule has 0 radical (unpaired) electrons. The molecule has 0 aliphatic carbocycles. The van der Waals surface area contributed by atoms with Gasteiger partial charge in [-0.25, -0.2) is 0 Å². The summed E-state index contributed by atoms with van der Waals surface area (Å²) in [5, 5.41) is 5.07. The van der Waals surface area contributed by atoms with Crippen molar-refractivity contribution in [3.63, 3.8) is 0 Å². The lowest BCUT2D eigenvalue weighted by atomic mass is 9.92. The van der Waals surface area contributed by atoms with Crippen LogP contribution in [0.3, 0.4) is 0 Å². The minimum atomic E-state index is 0.218. The first kappa shape index (κ1) is 22.5. The summed E-state index contributed by atoms with van der Waals surface area (Å²) in [7, 11) is 0. The summed E-state index contributed by atoms with van der Waals surface area (Å²) in [6.07, 6.45) is 5.07. The summed E-state index contributed by atoms with van der Waals surface area (Å²) >= 11 is 0. The van der Waals surface area contributed by atoms with Gasteiger partial charge in [-0.2, -0.15) is 0 Å². The second-order valence-electron chi connectivity index (χ2n) is 9.67. The first-order valence-corrected chi connectivity index (χ1v) is 12.4. The van der Waals surface area contributed by atoms with Gasteiger partial charge < -0.3 is 5.32 Å². The number of para-hydroxylation sites is 1. The molecule has 1 N–H and O–H groups in total. The normalized spacial score (nSPS) is 13.5. The summed E-state index contributed by atoms with van der Waals surface area (Å²) in [5.41, 5.74) is 8.92. The molecule has 172 valence electrons. The first-order chi connectivity index (χ1) is 16.7. The van der Waals surface area contributed by atoms with Gasteiger partial charge in [-0.05, 0) is 77.7 Å². The Morgan fingerprint density at radius 3 is 2.56 bits per heavy atom. The third-order valence-corrected chi connectivity index (χ3v) is 6.74. The highest BCUT2D eigenvalue weighted by Crippen LogP contribution is 2.28. The monoisotopic (exact) mass is 447 g/mol. The van der Waals surface area contributed by atoms with Crippen LogP contribution in [0.2, 0.25) is 0 Å². The number of aromatic nitrogens is 1. The SMILES string of the molecule is CC(C)C(NCCCc1ccc2c(c1)C=NC2)c1nc2ccccc2cc1Cc1ccccc1. The Morgan fingerprint density at radius 1 is 0.882 bits per heavy atom. The van der Waals surface area contributed by atoms with E-state index in [4.69, 9.17) is 4.98 Å². The number of aryl methyl sites for hydroxylation is 1. The van der Waals surface area contributed by atoms with Crippen LogP contribution >= 0.6 is 0 Å². The van der Waals surface area contributed by atoms with Crippen LogP contribution in [0.4, 0.5) is 0 Å². The fourth-order valence-corrected chi connectivity index (χ4v) is 4.91. The van der Waals surface area contributed by atoms with Crippen LogP contribution in [0.15, 0.2) is 83.9 Å². The maximum atomic E-state index is 5.19. The Labute approximate surface area is 203 Å². The quantitative estimate of drug-likeness (QED) is 0.291. The predicted octanol–water partition coefficient (Wildman–Crippen LogP) is 6.68. The molecule has 0 bridgehead atoms. The highest BCUT2D eigenvalue weighted by atomic mass is 14.9. The lowest BCUT2D eigenvalue weighted by Gasteiger charge is -2.25. The zero-order valence-electron chi connectivity index (χ0n) is 20.2. The minimum absolute atomic E-state index is 0.218. The second-order valence-corrected chi connectivity index (χ2v) is 9.67. The highest BCUT2D eigenvalue weighted by molar-refractivity contribution is 5.84. The predicted molar refractivity (Wildman–Crippen MR) is 143 cm³/mol. The fraction of sp³-hybridized carbons (Fsp3) is 0.290. The van der Waals surface area contributed by atoms with Crippen molar-refractivity contribution in [3.05, 3.63) is 112 Å². The molecule has 4 aromatic rings. The van der Waals surface area contributed by atoms with Crippen LogP contribution in [0.5, 0.6) is 0 Å². The van der Waals surface area contributed by atoms with Crippen LogP contribution in [0.1, 0.15) is 59.8 Å². The molecule has 5 rings (SSSR count). The van der Waals surface area contributed by atoms with Gasteiger partial charge >= 0.3 is 0 Å². The van der Waals surface area contributed by atoms with E-state index in [0.717, 1.165) is 37.9 Å². The molecular weight excluding hydrogens is 414 g/mol. The molecule has 0 saturated carbocycles. The lowest BCUT2D eigenvalue weighted by molar-refractivity contribution is 0.400. The number of hydrogen-bond donors (Lipinski definition) is 1. The van der Waals surface area contributed by atoms with Crippen molar-refractivity contribution in [3.8, 4) is 0 Å². The van der Waals surface area contributed by atoms with Gasteiger partial charge in [0.2, 0.25) is 0 Å². The molecule has 1 atom stereocenters. The van der Waals surface area contributed by atoms with Crippen molar-refractivity contribution in [2.24, 2.45) is 10.9 Å². The van der Waals surface area contributed by atoms with E-state index in [1.807, 2.05) is 6.21 Å². The molecule has 2 heterocycles. The van der Waals surface area contributed by atoms with Crippen molar-refractivity contribution < 1.29 is 0 Å². The zero-order chi connectivity index (χ0) is 23.3. The zero-order valence-corrected chi connectivity index (χ0v) is 20.2. The number of pyridine rings is 1. The summed E-state index contributed by atoms with van der Waals surface area (Å²) < 4.78 is 0. The second kappa shape index (κ2) is 10.3. The minimum Gasteiger partial charge on any atom is -0.308 e. The molecule has 1 unspecified atom stereocenters. The molecule has 1 aliphatic heterocycles. The number of rotatable bonds is 9. The average Bonchev–Trinajstić information content (AvgIpc) is 3.32. The van der Waals surface area contributed by atoms with Gasteiger partial charge in [-0.3, -0.25) is 9.98 Å². The standard InChI is InChI=1S/C31H33N3/c1-22(2)30(33-16-8-11-24-14-15-26-20-32-21-28(26)18-24)31-27(17-23-9-4-3-5-10-23)19-25-12-6-7-13-29(25)34-31/h3-7,9-10,12-15,18-19,21-22,30,33H,8,11,16-17,20H2,1-2H3. The summed E-state index contributed by atoms with van der Waals surface area (Å²) in [5.74, 6) is 0.444. The van der Waals surface area contributed by atoms with Crippen molar-refractivity contribution in [2.45, 2.75) is 45.7 Å². The van der Waals surface area contributed by atoms with Gasteiger partial charge in [0.05, 0.1) is 23.8 Å². The van der Waals surface area contributed by atoms with Gasteiger partial charge in [0.25, 0.3) is 0 Å². The molecule has 0 amide bonds. The van der Waals surface area contributed by atoms with E-state index in [1.54, 1.807) is 0 Å². The van der Waals surface area contributed by atoms with Gasteiger partial charge in [0.15, 0.2) is 0 Å². The van der Waals surface area contributed by atoms with Crippen molar-refractivity contribution in [1.82, 2.24) is 10.3 Å². The molecule has 1 aliphatic rings. The highest BCUT2D eigenvalue weighted by Gasteiger charge is 2.21. The van der Waals surface area contributed by atoms with Crippen molar-refractivity contribution >= 4 is 17.1 Å². The van der Waals surface area contributed by atoms with Gasteiger partial charge in [0.1, 0.15) is 0 Å². The van der Waals surface area contributed by atoms with Crippen LogP contribution in [0, 0.1) is 5.92 Å². The van der Waals surface area contributed by atoms with Crippen LogP contribution in [0.25, 0.3) is 10.9 Å². The third-order valence-electron chi connectivity index (χ3n) is 6.74. The Kier molecular flexibility index (Phi) is 6.82. The molecule has 0 saturated heterocycles. The molecule has 34 heavy (non-hydrogen) atoms. The summed E-state index contributed by atoms with van der Waals surface area (Å²) in [6, 6.07) is 28.5. The van der Waals surface area contributed by atoms with E-state index < -0.39 is 0 Å². The Bertz CT molecular complexity index is 1290. The first-order valence-electron chi connectivity index (χ1n) is 12.4. The molecular formula is C31H33N3. The Morgan fingerprint density at radius 2 is 1.71 bits per heavy atom. The third kappa shape index (κ3) is 5.10. The van der Waals surface area contributed by atoms with E-state index in [0.29, 0.717) is 5.92 Å². The van der Waals surface area contributed by atoms with E-state index in [-0.39, 0.29) is 6.04 Å². The molecule has 3 nitrogen and oxygen atoms in total. The molecule has 3 aromatic carbocycles. The van der Waals surface area contributed by atoms with Gasteiger partial charge in [-0.1, -0.05) is 74.5 Å². The summed E-state index contributed by atoms with van der Waals surface area (Å²) in [6.45, 7) is 6.38. The number of aliphatic imine (C=N–C) groups is 1. The van der Waals surface area contributed by atoms with E-state index >= 15 is 0 Å². The van der Waals surface area contributed by atoms with E-state index in [2.05, 4.69) is 103 Å². The molecule has 0 fully saturated rings. The maximum absolute atomic E-state index is 5.19. The van der Waals surface area contributed by atoms with Crippen molar-refractivity contribution in [1.29, 1.82) is 0 Å². The summed E-state index contributed by atoms with van der Waals surface area (Å²) in [4.78, 5) is 9.57. The molecule has 0 spiro atoms. The van der Waals surface area contributed by atoms with Gasteiger partial charge in [0, 0.05) is 11.6 Å². The van der Waals surface area contributed by atoms with Gasteiger partial charge in [-0.15, -0.1) is 0 Å². The number of fused-ring (bicyclic) bond motifs is 2.